The summed E-state index contributed by atoms with van der Waals surface area (Å²) in [7, 11) is 0. The number of aromatic nitrogens is 3. The fourth-order valence-electron chi connectivity index (χ4n) is 3.93. The number of imidazole rings is 1. The fraction of sp³-hybridized carbons (Fsp3) is 0.400. The molecule has 2 N–H and O–H groups in total. The van der Waals surface area contributed by atoms with E-state index >= 15 is 0 Å². The summed E-state index contributed by atoms with van der Waals surface area (Å²) >= 11 is 0. The van der Waals surface area contributed by atoms with Crippen molar-refractivity contribution in [3.05, 3.63) is 53.2 Å². The van der Waals surface area contributed by atoms with Crippen molar-refractivity contribution >= 4 is 16.8 Å². The number of benzene rings is 1. The third-order valence-corrected chi connectivity index (χ3v) is 5.19. The summed E-state index contributed by atoms with van der Waals surface area (Å²) in [5, 5.41) is 4.38. The SMILES string of the molecule is Cc1nc2c([nH]1)C[C@H](C(=O)NCCn1c(C)cc3ccccc31)CC2. The molecule has 25 heavy (non-hydrogen) atoms. The topological polar surface area (TPSA) is 62.7 Å². The van der Waals surface area contributed by atoms with Gasteiger partial charge in [-0.2, -0.15) is 0 Å². The third-order valence-electron chi connectivity index (χ3n) is 5.19. The van der Waals surface area contributed by atoms with Crippen molar-refractivity contribution < 1.29 is 4.79 Å². The van der Waals surface area contributed by atoms with E-state index in [-0.39, 0.29) is 11.8 Å². The highest BCUT2D eigenvalue weighted by Gasteiger charge is 2.26. The Hall–Kier alpha value is -2.56. The molecule has 5 nitrogen and oxygen atoms in total. The number of amides is 1. The Balaban J connectivity index is 1.37. The van der Waals surface area contributed by atoms with E-state index in [1.54, 1.807) is 0 Å². The van der Waals surface area contributed by atoms with Crippen LogP contribution in [0.15, 0.2) is 30.3 Å². The number of carbonyl (C=O) groups excluding carboxylic acids is 1. The molecular formula is C20H24N4O. The van der Waals surface area contributed by atoms with Crippen molar-refractivity contribution in [2.24, 2.45) is 5.92 Å². The first-order chi connectivity index (χ1) is 12.1. The van der Waals surface area contributed by atoms with Gasteiger partial charge in [0.15, 0.2) is 0 Å². The van der Waals surface area contributed by atoms with Crippen molar-refractivity contribution in [1.82, 2.24) is 19.9 Å². The molecule has 1 atom stereocenters. The molecule has 2 heterocycles. The van der Waals surface area contributed by atoms with Gasteiger partial charge in [-0.3, -0.25) is 4.79 Å². The van der Waals surface area contributed by atoms with Crippen LogP contribution in [0.2, 0.25) is 0 Å². The van der Waals surface area contributed by atoms with Gasteiger partial charge in [0.1, 0.15) is 5.82 Å². The Morgan fingerprint density at radius 3 is 3.08 bits per heavy atom. The lowest BCUT2D eigenvalue weighted by molar-refractivity contribution is -0.125. The molecule has 0 spiro atoms. The maximum Gasteiger partial charge on any atom is 0.223 e. The van der Waals surface area contributed by atoms with E-state index in [1.807, 2.05) is 6.92 Å². The molecule has 0 bridgehead atoms. The molecule has 0 aliphatic heterocycles. The van der Waals surface area contributed by atoms with Crippen molar-refractivity contribution in [3.63, 3.8) is 0 Å². The highest BCUT2D eigenvalue weighted by atomic mass is 16.1. The number of fused-ring (bicyclic) bond motifs is 2. The molecular weight excluding hydrogens is 312 g/mol. The number of aryl methyl sites for hydroxylation is 3. The van der Waals surface area contributed by atoms with Gasteiger partial charge in [-0.05, 0) is 44.2 Å². The second-order valence-corrected chi connectivity index (χ2v) is 6.97. The largest absolute Gasteiger partial charge is 0.354 e. The lowest BCUT2D eigenvalue weighted by Gasteiger charge is -2.21. The normalized spacial score (nSPS) is 16.8. The summed E-state index contributed by atoms with van der Waals surface area (Å²) < 4.78 is 2.27. The van der Waals surface area contributed by atoms with E-state index in [1.165, 1.54) is 16.6 Å². The summed E-state index contributed by atoms with van der Waals surface area (Å²) in [6.07, 6.45) is 2.54. The molecule has 0 radical (unpaired) electrons. The van der Waals surface area contributed by atoms with E-state index in [2.05, 4.69) is 57.1 Å². The molecule has 0 fully saturated rings. The second-order valence-electron chi connectivity index (χ2n) is 6.97. The Labute approximate surface area is 147 Å². The first-order valence-electron chi connectivity index (χ1n) is 8.99. The third kappa shape index (κ3) is 3.06. The Morgan fingerprint density at radius 1 is 1.36 bits per heavy atom. The Kier molecular flexibility index (Phi) is 4.07. The van der Waals surface area contributed by atoms with Crippen LogP contribution in [-0.4, -0.2) is 27.0 Å². The van der Waals surface area contributed by atoms with Crippen LogP contribution in [0.1, 0.15) is 29.3 Å². The van der Waals surface area contributed by atoms with Crippen molar-refractivity contribution in [2.45, 2.75) is 39.7 Å². The standard InChI is InChI=1S/C20H24N4O/c1-13-11-15-5-3-4-6-19(15)24(13)10-9-21-20(25)16-7-8-17-18(12-16)23-14(2)22-17/h3-6,11,16H,7-10,12H2,1-2H3,(H,21,25)(H,22,23)/t16-/m1/s1. The highest BCUT2D eigenvalue weighted by molar-refractivity contribution is 5.81. The zero-order valence-corrected chi connectivity index (χ0v) is 14.8. The molecule has 1 aliphatic carbocycles. The minimum Gasteiger partial charge on any atom is -0.354 e. The maximum absolute atomic E-state index is 12.5. The number of carbonyl (C=O) groups is 1. The molecule has 5 heteroatoms. The molecule has 2 aromatic heterocycles. The van der Waals surface area contributed by atoms with Crippen molar-refractivity contribution in [1.29, 1.82) is 0 Å². The number of para-hydroxylation sites is 1. The van der Waals surface area contributed by atoms with Crippen LogP contribution in [0.5, 0.6) is 0 Å². The zero-order valence-electron chi connectivity index (χ0n) is 14.8. The van der Waals surface area contributed by atoms with Crippen molar-refractivity contribution in [2.75, 3.05) is 6.54 Å². The van der Waals surface area contributed by atoms with Gasteiger partial charge in [-0.25, -0.2) is 4.98 Å². The van der Waals surface area contributed by atoms with Crippen LogP contribution in [0.4, 0.5) is 0 Å². The smallest absolute Gasteiger partial charge is 0.223 e. The molecule has 0 saturated carbocycles. The van der Waals surface area contributed by atoms with Gasteiger partial charge in [0, 0.05) is 42.3 Å². The highest BCUT2D eigenvalue weighted by Crippen LogP contribution is 2.24. The lowest BCUT2D eigenvalue weighted by Crippen LogP contribution is -2.36. The number of aromatic amines is 1. The van der Waals surface area contributed by atoms with Crippen LogP contribution in [0.25, 0.3) is 10.9 Å². The summed E-state index contributed by atoms with van der Waals surface area (Å²) in [4.78, 5) is 20.3. The van der Waals surface area contributed by atoms with E-state index in [0.717, 1.165) is 43.0 Å². The van der Waals surface area contributed by atoms with Crippen LogP contribution >= 0.6 is 0 Å². The molecule has 3 aromatic rings. The van der Waals surface area contributed by atoms with Gasteiger partial charge in [-0.15, -0.1) is 0 Å². The summed E-state index contributed by atoms with van der Waals surface area (Å²) in [5.41, 5.74) is 4.72. The Morgan fingerprint density at radius 2 is 2.20 bits per heavy atom. The number of rotatable bonds is 4. The second kappa shape index (κ2) is 6.39. The number of nitrogens with one attached hydrogen (secondary N) is 2. The zero-order chi connectivity index (χ0) is 17.4. The average Bonchev–Trinajstić information content (AvgIpc) is 3.12. The molecule has 4 rings (SSSR count). The van der Waals surface area contributed by atoms with Crippen LogP contribution in [0.3, 0.4) is 0 Å². The van der Waals surface area contributed by atoms with Crippen LogP contribution in [-0.2, 0) is 24.2 Å². The average molecular weight is 336 g/mol. The molecule has 0 unspecified atom stereocenters. The lowest BCUT2D eigenvalue weighted by atomic mass is 9.89. The number of hydrogen-bond donors (Lipinski definition) is 2. The molecule has 0 saturated heterocycles. The number of hydrogen-bond acceptors (Lipinski definition) is 2. The molecule has 130 valence electrons. The minimum absolute atomic E-state index is 0.0508. The van der Waals surface area contributed by atoms with Gasteiger partial charge >= 0.3 is 0 Å². The Bertz CT molecular complexity index is 921. The number of H-pyrrole nitrogens is 1. The van der Waals surface area contributed by atoms with Gasteiger partial charge in [-0.1, -0.05) is 18.2 Å². The summed E-state index contributed by atoms with van der Waals surface area (Å²) in [6, 6.07) is 10.6. The van der Waals surface area contributed by atoms with Crippen molar-refractivity contribution in [3.8, 4) is 0 Å². The van der Waals surface area contributed by atoms with E-state index in [0.29, 0.717) is 6.54 Å². The van der Waals surface area contributed by atoms with Gasteiger partial charge < -0.3 is 14.9 Å². The quantitative estimate of drug-likeness (QED) is 0.769. The minimum atomic E-state index is 0.0508. The fourth-order valence-corrected chi connectivity index (χ4v) is 3.93. The first-order valence-corrected chi connectivity index (χ1v) is 8.99. The van der Waals surface area contributed by atoms with Gasteiger partial charge in [0.25, 0.3) is 0 Å². The monoisotopic (exact) mass is 336 g/mol. The summed E-state index contributed by atoms with van der Waals surface area (Å²) in [5.74, 6) is 1.16. The predicted molar refractivity (Wildman–Crippen MR) is 98.5 cm³/mol. The van der Waals surface area contributed by atoms with E-state index in [9.17, 15) is 4.79 Å². The van der Waals surface area contributed by atoms with Gasteiger partial charge in [0.05, 0.1) is 5.69 Å². The molecule has 1 aliphatic rings. The van der Waals surface area contributed by atoms with E-state index < -0.39 is 0 Å². The summed E-state index contributed by atoms with van der Waals surface area (Å²) in [6.45, 7) is 5.54. The molecule has 1 amide bonds. The van der Waals surface area contributed by atoms with Crippen LogP contribution in [0, 0.1) is 19.8 Å². The maximum atomic E-state index is 12.5. The van der Waals surface area contributed by atoms with Gasteiger partial charge in [0.2, 0.25) is 5.91 Å². The van der Waals surface area contributed by atoms with E-state index in [4.69, 9.17) is 0 Å². The first kappa shape index (κ1) is 15.9. The van der Waals surface area contributed by atoms with Crippen LogP contribution < -0.4 is 5.32 Å². The number of nitrogens with zero attached hydrogens (tertiary/aromatic N) is 2. The predicted octanol–water partition coefficient (Wildman–Crippen LogP) is 2.90. The molecule has 1 aromatic carbocycles.